The van der Waals surface area contributed by atoms with Gasteiger partial charge in [-0.15, -0.1) is 0 Å². The fourth-order valence-corrected chi connectivity index (χ4v) is 2.66. The number of alkyl halides is 1. The van der Waals surface area contributed by atoms with Gasteiger partial charge in [0.05, 0.1) is 0 Å². The molecule has 1 aliphatic rings. The topological polar surface area (TPSA) is 70.6 Å². The first-order chi connectivity index (χ1) is 10.7. The molecule has 122 valence electrons. The number of anilines is 1. The van der Waals surface area contributed by atoms with Crippen LogP contribution in [0.5, 0.6) is 5.75 Å². The minimum atomic E-state index is -0.547. The summed E-state index contributed by atoms with van der Waals surface area (Å²) in [7, 11) is 0. The van der Waals surface area contributed by atoms with E-state index in [4.69, 9.17) is 9.84 Å². The normalized spacial score (nSPS) is 21.2. The van der Waals surface area contributed by atoms with Crippen molar-refractivity contribution in [2.75, 3.05) is 25.2 Å². The van der Waals surface area contributed by atoms with E-state index in [2.05, 4.69) is 10.6 Å². The summed E-state index contributed by atoms with van der Waals surface area (Å²) in [6.07, 6.45) is 3.65. The maximum absolute atomic E-state index is 12.1. The largest absolute Gasteiger partial charge is 0.491 e. The zero-order valence-corrected chi connectivity index (χ0v) is 12.6. The second-order valence-corrected chi connectivity index (χ2v) is 5.56. The van der Waals surface area contributed by atoms with E-state index in [9.17, 15) is 9.18 Å². The Morgan fingerprint density at radius 1 is 1.32 bits per heavy atom. The molecule has 1 fully saturated rings. The van der Waals surface area contributed by atoms with Crippen LogP contribution >= 0.6 is 0 Å². The van der Waals surface area contributed by atoms with Gasteiger partial charge in [0.2, 0.25) is 0 Å². The van der Waals surface area contributed by atoms with E-state index < -0.39 is 6.67 Å². The Hall–Kier alpha value is -1.82. The molecule has 1 aromatic carbocycles. The third-order valence-corrected chi connectivity index (χ3v) is 3.88. The molecule has 0 radical (unpaired) electrons. The smallest absolute Gasteiger partial charge is 0.319 e. The molecule has 0 aromatic heterocycles. The third kappa shape index (κ3) is 5.18. The standard InChI is InChI=1S/C16H23FN2O3/c17-8-9-22-15-3-1-2-14(10-15)19-16(21)18-13-6-4-12(11-20)5-7-13/h1-3,10,12-13,20H,4-9,11H2,(H2,18,19,21). The second-order valence-electron chi connectivity index (χ2n) is 5.56. The monoisotopic (exact) mass is 310 g/mol. The van der Waals surface area contributed by atoms with Crippen LogP contribution in [0.1, 0.15) is 25.7 Å². The van der Waals surface area contributed by atoms with E-state index in [1.165, 1.54) is 0 Å². The van der Waals surface area contributed by atoms with Crippen molar-refractivity contribution in [2.24, 2.45) is 5.92 Å². The maximum Gasteiger partial charge on any atom is 0.319 e. The van der Waals surface area contributed by atoms with Crippen LogP contribution in [-0.4, -0.2) is 37.1 Å². The van der Waals surface area contributed by atoms with Crippen molar-refractivity contribution in [3.8, 4) is 5.75 Å². The molecule has 22 heavy (non-hydrogen) atoms. The van der Waals surface area contributed by atoms with Gasteiger partial charge >= 0.3 is 6.03 Å². The number of rotatable bonds is 6. The van der Waals surface area contributed by atoms with Gasteiger partial charge < -0.3 is 20.5 Å². The number of urea groups is 1. The van der Waals surface area contributed by atoms with Crippen molar-refractivity contribution in [3.63, 3.8) is 0 Å². The highest BCUT2D eigenvalue weighted by atomic mass is 19.1. The van der Waals surface area contributed by atoms with E-state index in [0.717, 1.165) is 25.7 Å². The quantitative estimate of drug-likeness (QED) is 0.756. The molecule has 3 N–H and O–H groups in total. The number of amides is 2. The highest BCUT2D eigenvalue weighted by molar-refractivity contribution is 5.89. The Morgan fingerprint density at radius 2 is 2.09 bits per heavy atom. The lowest BCUT2D eigenvalue weighted by Crippen LogP contribution is -2.40. The number of carbonyl (C=O) groups excluding carboxylic acids is 1. The van der Waals surface area contributed by atoms with Gasteiger partial charge in [-0.05, 0) is 43.7 Å². The highest BCUT2D eigenvalue weighted by Crippen LogP contribution is 2.24. The minimum Gasteiger partial charge on any atom is -0.491 e. The van der Waals surface area contributed by atoms with Crippen molar-refractivity contribution in [1.82, 2.24) is 5.32 Å². The van der Waals surface area contributed by atoms with Crippen molar-refractivity contribution in [1.29, 1.82) is 0 Å². The molecule has 1 saturated carbocycles. The first-order valence-corrected chi connectivity index (χ1v) is 7.68. The number of benzene rings is 1. The fraction of sp³-hybridized carbons (Fsp3) is 0.562. The van der Waals surface area contributed by atoms with Gasteiger partial charge in [-0.25, -0.2) is 9.18 Å². The van der Waals surface area contributed by atoms with Crippen LogP contribution < -0.4 is 15.4 Å². The molecule has 1 aromatic rings. The van der Waals surface area contributed by atoms with E-state index >= 15 is 0 Å². The zero-order chi connectivity index (χ0) is 15.8. The number of aliphatic hydroxyl groups is 1. The van der Waals surface area contributed by atoms with Gasteiger partial charge in [0.1, 0.15) is 19.0 Å². The number of ether oxygens (including phenoxy) is 1. The van der Waals surface area contributed by atoms with Crippen LogP contribution in [0, 0.1) is 5.92 Å². The van der Waals surface area contributed by atoms with E-state index in [1.807, 2.05) is 0 Å². The molecule has 0 saturated heterocycles. The Bertz CT molecular complexity index is 476. The van der Waals surface area contributed by atoms with E-state index in [-0.39, 0.29) is 25.3 Å². The van der Waals surface area contributed by atoms with Crippen LogP contribution in [0.2, 0.25) is 0 Å². The number of hydrogen-bond donors (Lipinski definition) is 3. The Labute approximate surface area is 129 Å². The zero-order valence-electron chi connectivity index (χ0n) is 12.6. The summed E-state index contributed by atoms with van der Waals surface area (Å²) in [6, 6.07) is 6.77. The molecule has 2 amide bonds. The number of carbonyl (C=O) groups is 1. The predicted molar refractivity (Wildman–Crippen MR) is 82.9 cm³/mol. The summed E-state index contributed by atoms with van der Waals surface area (Å²) >= 11 is 0. The molecule has 0 atom stereocenters. The van der Waals surface area contributed by atoms with Crippen molar-refractivity contribution >= 4 is 11.7 Å². The lowest BCUT2D eigenvalue weighted by atomic mass is 9.87. The number of aliphatic hydroxyl groups excluding tert-OH is 1. The molecule has 6 heteroatoms. The van der Waals surface area contributed by atoms with Crippen LogP contribution in [0.3, 0.4) is 0 Å². The molecular weight excluding hydrogens is 287 g/mol. The molecular formula is C16H23FN2O3. The first-order valence-electron chi connectivity index (χ1n) is 7.68. The third-order valence-electron chi connectivity index (χ3n) is 3.88. The molecule has 5 nitrogen and oxygen atoms in total. The second kappa shape index (κ2) is 8.58. The van der Waals surface area contributed by atoms with Crippen LogP contribution in [0.4, 0.5) is 14.9 Å². The average molecular weight is 310 g/mol. The van der Waals surface area contributed by atoms with Gasteiger partial charge in [-0.2, -0.15) is 0 Å². The summed E-state index contributed by atoms with van der Waals surface area (Å²) < 4.78 is 17.3. The van der Waals surface area contributed by atoms with Crippen molar-refractivity contribution < 1.29 is 19.0 Å². The molecule has 1 aliphatic carbocycles. The molecule has 0 aliphatic heterocycles. The molecule has 2 rings (SSSR count). The van der Waals surface area contributed by atoms with Crippen LogP contribution in [0.25, 0.3) is 0 Å². The molecule has 0 heterocycles. The molecule has 0 spiro atoms. The minimum absolute atomic E-state index is 0.00372. The Morgan fingerprint density at radius 3 is 2.77 bits per heavy atom. The van der Waals surface area contributed by atoms with Gasteiger partial charge in [0.15, 0.2) is 0 Å². The molecule has 0 unspecified atom stereocenters. The lowest BCUT2D eigenvalue weighted by Gasteiger charge is -2.27. The Balaban J connectivity index is 1.79. The number of nitrogens with one attached hydrogen (secondary N) is 2. The first kappa shape index (κ1) is 16.5. The lowest BCUT2D eigenvalue weighted by molar-refractivity contribution is 0.176. The average Bonchev–Trinajstić information content (AvgIpc) is 2.54. The predicted octanol–water partition coefficient (Wildman–Crippen LogP) is 2.71. The number of halogens is 1. The van der Waals surface area contributed by atoms with E-state index in [1.54, 1.807) is 24.3 Å². The summed E-state index contributed by atoms with van der Waals surface area (Å²) in [5.74, 6) is 0.893. The SMILES string of the molecule is O=C(Nc1cccc(OCCF)c1)NC1CCC(CO)CC1. The van der Waals surface area contributed by atoms with Crippen molar-refractivity contribution in [3.05, 3.63) is 24.3 Å². The Kier molecular flexibility index (Phi) is 6.45. The maximum atomic E-state index is 12.1. The number of hydrogen-bond acceptors (Lipinski definition) is 3. The summed E-state index contributed by atoms with van der Waals surface area (Å²) in [5.41, 5.74) is 0.609. The highest BCUT2D eigenvalue weighted by Gasteiger charge is 2.21. The summed E-state index contributed by atoms with van der Waals surface area (Å²) in [6.45, 7) is -0.316. The molecule has 0 bridgehead atoms. The van der Waals surface area contributed by atoms with E-state index in [0.29, 0.717) is 17.4 Å². The summed E-state index contributed by atoms with van der Waals surface area (Å²) in [4.78, 5) is 12.0. The van der Waals surface area contributed by atoms with Crippen molar-refractivity contribution in [2.45, 2.75) is 31.7 Å². The van der Waals surface area contributed by atoms with Crippen LogP contribution in [0.15, 0.2) is 24.3 Å². The van der Waals surface area contributed by atoms with Crippen LogP contribution in [-0.2, 0) is 0 Å². The van der Waals surface area contributed by atoms with Gasteiger partial charge in [0, 0.05) is 24.4 Å². The summed E-state index contributed by atoms with van der Waals surface area (Å²) in [5, 5.41) is 14.8. The van der Waals surface area contributed by atoms with Gasteiger partial charge in [-0.3, -0.25) is 0 Å². The fourth-order valence-electron chi connectivity index (χ4n) is 2.66. The van der Waals surface area contributed by atoms with Gasteiger partial charge in [-0.1, -0.05) is 6.07 Å². The van der Waals surface area contributed by atoms with Gasteiger partial charge in [0.25, 0.3) is 0 Å².